The van der Waals surface area contributed by atoms with Gasteiger partial charge in [0.25, 0.3) is 5.91 Å². The van der Waals surface area contributed by atoms with E-state index in [0.717, 1.165) is 30.7 Å². The van der Waals surface area contributed by atoms with E-state index in [2.05, 4.69) is 20.5 Å². The second-order valence-corrected chi connectivity index (χ2v) is 8.85. The number of aromatic nitrogens is 5. The standard InChI is InChI=1S/C23H20ClF3N6O/c1-12-20(13(2)32(31-12)11-14-3-7-16(24)8-4-14)30-22(34)17-10-28-33-19(23(25,26)27)9-18(15-5-6-15)29-21(17)33/h3-4,7-10,15H,5-6,11H2,1-2H3,(H,30,34). The lowest BCUT2D eigenvalue weighted by molar-refractivity contribution is -0.142. The number of amides is 1. The molecule has 0 atom stereocenters. The summed E-state index contributed by atoms with van der Waals surface area (Å²) in [6.07, 6.45) is -1.95. The van der Waals surface area contributed by atoms with Crippen molar-refractivity contribution in [2.24, 2.45) is 0 Å². The van der Waals surface area contributed by atoms with E-state index >= 15 is 0 Å². The third-order valence-electron chi connectivity index (χ3n) is 5.89. The molecule has 0 unspecified atom stereocenters. The molecular weight excluding hydrogens is 469 g/mol. The monoisotopic (exact) mass is 488 g/mol. The molecule has 0 saturated heterocycles. The Morgan fingerprint density at radius 3 is 2.56 bits per heavy atom. The zero-order valence-electron chi connectivity index (χ0n) is 18.3. The maximum Gasteiger partial charge on any atom is 0.433 e. The molecule has 1 aromatic carbocycles. The molecule has 0 radical (unpaired) electrons. The third-order valence-corrected chi connectivity index (χ3v) is 6.14. The summed E-state index contributed by atoms with van der Waals surface area (Å²) in [4.78, 5) is 17.5. The lowest BCUT2D eigenvalue weighted by atomic mass is 10.2. The van der Waals surface area contributed by atoms with E-state index < -0.39 is 17.8 Å². The van der Waals surface area contributed by atoms with E-state index in [4.69, 9.17) is 11.6 Å². The van der Waals surface area contributed by atoms with E-state index in [1.807, 2.05) is 19.1 Å². The van der Waals surface area contributed by atoms with Gasteiger partial charge in [-0.15, -0.1) is 0 Å². The van der Waals surface area contributed by atoms with Gasteiger partial charge in [0.1, 0.15) is 11.3 Å². The Hall–Kier alpha value is -3.40. The topological polar surface area (TPSA) is 77.1 Å². The van der Waals surface area contributed by atoms with Crippen LogP contribution in [-0.4, -0.2) is 30.3 Å². The Bertz CT molecular complexity index is 1400. The van der Waals surface area contributed by atoms with Crippen molar-refractivity contribution in [3.63, 3.8) is 0 Å². The fraction of sp³-hybridized carbons (Fsp3) is 0.304. The molecule has 1 aliphatic carbocycles. The van der Waals surface area contributed by atoms with Gasteiger partial charge in [0.2, 0.25) is 0 Å². The first kappa shape index (κ1) is 22.4. The van der Waals surface area contributed by atoms with E-state index in [1.54, 1.807) is 23.7 Å². The van der Waals surface area contributed by atoms with Crippen molar-refractivity contribution in [2.45, 2.75) is 45.3 Å². The molecule has 11 heteroatoms. The van der Waals surface area contributed by atoms with Crippen LogP contribution in [0.15, 0.2) is 36.5 Å². The lowest BCUT2D eigenvalue weighted by Gasteiger charge is -2.11. The van der Waals surface area contributed by atoms with Crippen LogP contribution in [0.25, 0.3) is 5.65 Å². The van der Waals surface area contributed by atoms with Crippen LogP contribution in [0.1, 0.15) is 57.5 Å². The molecule has 1 aliphatic rings. The van der Waals surface area contributed by atoms with Crippen LogP contribution in [0.5, 0.6) is 0 Å². The van der Waals surface area contributed by atoms with Crippen LogP contribution in [0.3, 0.4) is 0 Å². The van der Waals surface area contributed by atoms with Crippen molar-refractivity contribution < 1.29 is 18.0 Å². The predicted octanol–water partition coefficient (Wildman–Crippen LogP) is 5.39. The number of halogens is 4. The maximum atomic E-state index is 13.6. The normalized spacial score (nSPS) is 14.1. The Morgan fingerprint density at radius 2 is 1.91 bits per heavy atom. The minimum absolute atomic E-state index is 0.0208. The SMILES string of the molecule is Cc1nn(Cc2ccc(Cl)cc2)c(C)c1NC(=O)c1cnn2c(C(F)(F)F)cc(C3CC3)nc12. The number of carbonyl (C=O) groups is 1. The summed E-state index contributed by atoms with van der Waals surface area (Å²) < 4.78 is 43.4. The molecule has 1 N–H and O–H groups in total. The molecule has 5 rings (SSSR count). The number of carbonyl (C=O) groups excluding carboxylic acids is 1. The number of hydrogen-bond acceptors (Lipinski definition) is 4. The Kier molecular flexibility index (Phi) is 5.35. The Balaban J connectivity index is 1.47. The number of benzene rings is 1. The van der Waals surface area contributed by atoms with Gasteiger partial charge in [0, 0.05) is 16.6 Å². The predicted molar refractivity (Wildman–Crippen MR) is 120 cm³/mol. The van der Waals surface area contributed by atoms with Gasteiger partial charge in [0.15, 0.2) is 5.65 Å². The van der Waals surface area contributed by atoms with Crippen molar-refractivity contribution in [3.05, 3.63) is 75.5 Å². The highest BCUT2D eigenvalue weighted by Gasteiger charge is 2.38. The van der Waals surface area contributed by atoms with Gasteiger partial charge >= 0.3 is 6.18 Å². The fourth-order valence-electron chi connectivity index (χ4n) is 3.91. The Morgan fingerprint density at radius 1 is 1.21 bits per heavy atom. The minimum Gasteiger partial charge on any atom is -0.319 e. The molecule has 176 valence electrons. The van der Waals surface area contributed by atoms with E-state index in [-0.39, 0.29) is 17.1 Å². The average molecular weight is 489 g/mol. The van der Waals surface area contributed by atoms with Gasteiger partial charge < -0.3 is 5.32 Å². The fourth-order valence-corrected chi connectivity index (χ4v) is 4.03. The summed E-state index contributed by atoms with van der Waals surface area (Å²) in [5.74, 6) is -0.617. The van der Waals surface area contributed by atoms with Gasteiger partial charge in [-0.3, -0.25) is 9.48 Å². The number of anilines is 1. The van der Waals surface area contributed by atoms with Crippen LogP contribution in [0, 0.1) is 13.8 Å². The van der Waals surface area contributed by atoms with Crippen LogP contribution >= 0.6 is 11.6 Å². The molecule has 7 nitrogen and oxygen atoms in total. The molecule has 0 spiro atoms. The number of alkyl halides is 3. The van der Waals surface area contributed by atoms with E-state index in [9.17, 15) is 18.0 Å². The van der Waals surface area contributed by atoms with Gasteiger partial charge in [0.05, 0.1) is 29.8 Å². The van der Waals surface area contributed by atoms with Crippen LogP contribution < -0.4 is 5.32 Å². The lowest BCUT2D eigenvalue weighted by Crippen LogP contribution is -2.16. The highest BCUT2D eigenvalue weighted by atomic mass is 35.5. The largest absolute Gasteiger partial charge is 0.433 e. The first-order valence-electron chi connectivity index (χ1n) is 10.7. The zero-order valence-corrected chi connectivity index (χ0v) is 19.1. The number of aryl methyl sites for hydroxylation is 1. The second-order valence-electron chi connectivity index (χ2n) is 8.42. The maximum absolute atomic E-state index is 13.6. The summed E-state index contributed by atoms with van der Waals surface area (Å²) in [5.41, 5.74) is 2.01. The van der Waals surface area contributed by atoms with Gasteiger partial charge in [-0.2, -0.15) is 23.4 Å². The molecule has 3 aromatic heterocycles. The van der Waals surface area contributed by atoms with Crippen LogP contribution in [0.2, 0.25) is 5.02 Å². The van der Waals surface area contributed by atoms with Crippen molar-refractivity contribution in [1.29, 1.82) is 0 Å². The van der Waals surface area contributed by atoms with Crippen molar-refractivity contribution in [3.8, 4) is 0 Å². The smallest absolute Gasteiger partial charge is 0.319 e. The summed E-state index contributed by atoms with van der Waals surface area (Å²) >= 11 is 5.94. The van der Waals surface area contributed by atoms with Gasteiger partial charge in [-0.25, -0.2) is 9.50 Å². The summed E-state index contributed by atoms with van der Waals surface area (Å²) in [5, 5.41) is 11.7. The third kappa shape index (κ3) is 4.13. The minimum atomic E-state index is -4.62. The van der Waals surface area contributed by atoms with Crippen molar-refractivity contribution >= 4 is 28.8 Å². The van der Waals surface area contributed by atoms with Gasteiger partial charge in [-0.05, 0) is 50.5 Å². The summed E-state index contributed by atoms with van der Waals surface area (Å²) in [7, 11) is 0. The second kappa shape index (κ2) is 8.12. The molecule has 1 fully saturated rings. The van der Waals surface area contributed by atoms with Crippen molar-refractivity contribution in [2.75, 3.05) is 5.32 Å². The molecule has 0 aliphatic heterocycles. The van der Waals surface area contributed by atoms with Gasteiger partial charge in [-0.1, -0.05) is 23.7 Å². The van der Waals surface area contributed by atoms with E-state index in [0.29, 0.717) is 38.9 Å². The van der Waals surface area contributed by atoms with Crippen molar-refractivity contribution in [1.82, 2.24) is 24.4 Å². The number of rotatable bonds is 5. The zero-order chi connectivity index (χ0) is 24.2. The van der Waals surface area contributed by atoms with Crippen LogP contribution in [0.4, 0.5) is 18.9 Å². The highest BCUT2D eigenvalue weighted by molar-refractivity contribution is 6.30. The number of nitrogens with one attached hydrogen (secondary N) is 1. The Labute approximate surface area is 197 Å². The van der Waals surface area contributed by atoms with Crippen LogP contribution in [-0.2, 0) is 12.7 Å². The summed E-state index contributed by atoms with van der Waals surface area (Å²) in [6, 6.07) is 8.37. The highest BCUT2D eigenvalue weighted by Crippen LogP contribution is 2.41. The first-order chi connectivity index (χ1) is 16.1. The molecule has 4 aromatic rings. The molecule has 1 amide bonds. The van der Waals surface area contributed by atoms with E-state index in [1.165, 1.54) is 0 Å². The molecule has 34 heavy (non-hydrogen) atoms. The quantitative estimate of drug-likeness (QED) is 0.408. The summed E-state index contributed by atoms with van der Waals surface area (Å²) in [6.45, 7) is 4.03. The molecule has 0 bridgehead atoms. The average Bonchev–Trinajstić information content (AvgIpc) is 3.49. The number of fused-ring (bicyclic) bond motifs is 1. The number of hydrogen-bond donors (Lipinski definition) is 1. The molecule has 3 heterocycles. The molecule has 1 saturated carbocycles. The number of nitrogens with zero attached hydrogens (tertiary/aromatic N) is 5. The molecular formula is C23H20ClF3N6O. The first-order valence-corrected chi connectivity index (χ1v) is 11.1.